The summed E-state index contributed by atoms with van der Waals surface area (Å²) in [4.78, 5) is 23.5. The molecule has 5 nitrogen and oxygen atoms in total. The molecule has 0 heterocycles. The Morgan fingerprint density at radius 1 is 1.38 bits per heavy atom. The van der Waals surface area contributed by atoms with Crippen molar-refractivity contribution in [3.63, 3.8) is 0 Å². The Hall–Kier alpha value is -1.88. The predicted octanol–water partition coefficient (Wildman–Crippen LogP) is 0.302. The van der Waals surface area contributed by atoms with Gasteiger partial charge in [-0.2, -0.15) is 0 Å². The van der Waals surface area contributed by atoms with Crippen LogP contribution in [0.2, 0.25) is 0 Å². The third-order valence-corrected chi connectivity index (χ3v) is 2.19. The van der Waals surface area contributed by atoms with Crippen LogP contribution >= 0.6 is 0 Å². The first-order chi connectivity index (χ1) is 7.56. The number of benzene rings is 1. The first-order valence-electron chi connectivity index (χ1n) is 4.81. The van der Waals surface area contributed by atoms with Crippen molar-refractivity contribution in [2.45, 2.75) is 6.54 Å². The second kappa shape index (κ2) is 5.27. The molecule has 1 rings (SSSR count). The van der Waals surface area contributed by atoms with E-state index in [1.807, 2.05) is 0 Å². The fourth-order valence-corrected chi connectivity index (χ4v) is 1.39. The van der Waals surface area contributed by atoms with Gasteiger partial charge in [0.1, 0.15) is 6.54 Å². The number of carbonyl (C=O) groups is 2. The van der Waals surface area contributed by atoms with Crippen molar-refractivity contribution in [1.82, 2.24) is 4.90 Å². The van der Waals surface area contributed by atoms with E-state index in [0.29, 0.717) is 11.1 Å². The first kappa shape index (κ1) is 12.2. The van der Waals surface area contributed by atoms with Gasteiger partial charge in [-0.3, -0.25) is 9.59 Å². The molecule has 16 heavy (non-hydrogen) atoms. The normalized spacial score (nSPS) is 9.88. The lowest BCUT2D eigenvalue weighted by molar-refractivity contribution is -0.137. The summed E-state index contributed by atoms with van der Waals surface area (Å²) >= 11 is 0. The fraction of sp³-hybridized carbons (Fsp3) is 0.273. The Morgan fingerprint density at radius 3 is 2.56 bits per heavy atom. The maximum Gasteiger partial charge on any atom is 0.323 e. The molecule has 0 aliphatic rings. The topological polar surface area (TPSA) is 83.6 Å². The number of likely N-dealkylation sites (N-methyl/N-ethyl adjacent to an activating group) is 1. The van der Waals surface area contributed by atoms with E-state index < -0.39 is 5.97 Å². The highest BCUT2D eigenvalue weighted by atomic mass is 16.4. The molecule has 5 heteroatoms. The Morgan fingerprint density at radius 2 is 2.00 bits per heavy atom. The van der Waals surface area contributed by atoms with Crippen LogP contribution in [0, 0.1) is 0 Å². The fourth-order valence-electron chi connectivity index (χ4n) is 1.39. The van der Waals surface area contributed by atoms with E-state index >= 15 is 0 Å². The number of carboxylic acids is 1. The zero-order valence-electron chi connectivity index (χ0n) is 9.01. The SMILES string of the molecule is CN(CC(=O)O)C(=O)c1ccccc1CN. The van der Waals surface area contributed by atoms with Crippen LogP contribution in [0.15, 0.2) is 24.3 Å². The van der Waals surface area contributed by atoms with E-state index in [0.717, 1.165) is 4.90 Å². The van der Waals surface area contributed by atoms with Gasteiger partial charge in [0.15, 0.2) is 0 Å². The Kier molecular flexibility index (Phi) is 4.02. The predicted molar refractivity (Wildman–Crippen MR) is 58.9 cm³/mol. The number of carbonyl (C=O) groups excluding carboxylic acids is 1. The van der Waals surface area contributed by atoms with Crippen LogP contribution < -0.4 is 5.73 Å². The van der Waals surface area contributed by atoms with Gasteiger partial charge < -0.3 is 15.7 Å². The summed E-state index contributed by atoms with van der Waals surface area (Å²) in [5.74, 6) is -1.37. The number of amides is 1. The summed E-state index contributed by atoms with van der Waals surface area (Å²) in [6.45, 7) is -0.0689. The number of carboxylic acid groups (broad SMARTS) is 1. The largest absolute Gasteiger partial charge is 0.480 e. The minimum atomic E-state index is -1.04. The molecule has 0 bridgehead atoms. The minimum Gasteiger partial charge on any atom is -0.480 e. The van der Waals surface area contributed by atoms with Crippen molar-refractivity contribution in [3.8, 4) is 0 Å². The van der Waals surface area contributed by atoms with Crippen LogP contribution in [0.3, 0.4) is 0 Å². The summed E-state index contributed by atoms with van der Waals surface area (Å²) < 4.78 is 0. The van der Waals surface area contributed by atoms with Gasteiger partial charge in [-0.05, 0) is 11.6 Å². The summed E-state index contributed by atoms with van der Waals surface area (Å²) in [6.07, 6.45) is 0. The van der Waals surface area contributed by atoms with Crippen molar-refractivity contribution < 1.29 is 14.7 Å². The number of rotatable bonds is 4. The van der Waals surface area contributed by atoms with E-state index in [1.165, 1.54) is 7.05 Å². The molecule has 0 saturated carbocycles. The van der Waals surface area contributed by atoms with Gasteiger partial charge in [0, 0.05) is 19.2 Å². The molecule has 0 atom stereocenters. The van der Waals surface area contributed by atoms with Crippen molar-refractivity contribution in [2.75, 3.05) is 13.6 Å². The van der Waals surface area contributed by atoms with Crippen LogP contribution in [0.25, 0.3) is 0 Å². The van der Waals surface area contributed by atoms with Crippen molar-refractivity contribution in [3.05, 3.63) is 35.4 Å². The van der Waals surface area contributed by atoms with Crippen LogP contribution in [0.4, 0.5) is 0 Å². The lowest BCUT2D eigenvalue weighted by atomic mass is 10.1. The van der Waals surface area contributed by atoms with Gasteiger partial charge in [0.25, 0.3) is 5.91 Å². The first-order valence-corrected chi connectivity index (χ1v) is 4.81. The highest BCUT2D eigenvalue weighted by molar-refractivity contribution is 5.96. The lowest BCUT2D eigenvalue weighted by Gasteiger charge is -2.16. The zero-order valence-corrected chi connectivity index (χ0v) is 9.01. The minimum absolute atomic E-state index is 0.253. The van der Waals surface area contributed by atoms with E-state index in [-0.39, 0.29) is 19.0 Å². The molecule has 86 valence electrons. The zero-order chi connectivity index (χ0) is 12.1. The lowest BCUT2D eigenvalue weighted by Crippen LogP contribution is -2.32. The van der Waals surface area contributed by atoms with Gasteiger partial charge >= 0.3 is 5.97 Å². The molecule has 1 amide bonds. The van der Waals surface area contributed by atoms with Crippen LogP contribution in [0.5, 0.6) is 0 Å². The monoisotopic (exact) mass is 222 g/mol. The molecular formula is C11H14N2O3. The highest BCUT2D eigenvalue weighted by Crippen LogP contribution is 2.10. The molecule has 3 N–H and O–H groups in total. The Balaban J connectivity index is 2.91. The molecule has 0 spiro atoms. The number of nitrogens with two attached hydrogens (primary N) is 1. The van der Waals surface area contributed by atoms with E-state index in [1.54, 1.807) is 24.3 Å². The highest BCUT2D eigenvalue weighted by Gasteiger charge is 2.16. The molecule has 0 aliphatic carbocycles. The third-order valence-electron chi connectivity index (χ3n) is 2.19. The number of hydrogen-bond acceptors (Lipinski definition) is 3. The number of aliphatic carboxylic acids is 1. The summed E-state index contributed by atoms with van der Waals surface area (Å²) in [7, 11) is 1.45. The van der Waals surface area contributed by atoms with Gasteiger partial charge in [0.05, 0.1) is 0 Å². The molecule has 0 aliphatic heterocycles. The quantitative estimate of drug-likeness (QED) is 0.767. The molecule has 0 aromatic heterocycles. The molecule has 1 aromatic carbocycles. The van der Waals surface area contributed by atoms with E-state index in [2.05, 4.69) is 0 Å². The average Bonchev–Trinajstić information content (AvgIpc) is 2.27. The number of hydrogen-bond donors (Lipinski definition) is 2. The van der Waals surface area contributed by atoms with Gasteiger partial charge in [-0.1, -0.05) is 18.2 Å². The van der Waals surface area contributed by atoms with Crippen molar-refractivity contribution >= 4 is 11.9 Å². The average molecular weight is 222 g/mol. The Bertz CT molecular complexity index is 404. The summed E-state index contributed by atoms with van der Waals surface area (Å²) in [6, 6.07) is 6.90. The summed E-state index contributed by atoms with van der Waals surface area (Å²) in [5.41, 5.74) is 6.67. The van der Waals surface area contributed by atoms with Gasteiger partial charge in [-0.25, -0.2) is 0 Å². The van der Waals surface area contributed by atoms with Crippen LogP contribution in [0.1, 0.15) is 15.9 Å². The maximum absolute atomic E-state index is 11.9. The Labute approximate surface area is 93.5 Å². The standard InChI is InChI=1S/C11H14N2O3/c1-13(7-10(14)15)11(16)9-5-3-2-4-8(9)6-12/h2-5H,6-7,12H2,1H3,(H,14,15). The maximum atomic E-state index is 11.9. The molecule has 0 radical (unpaired) electrons. The summed E-state index contributed by atoms with van der Waals surface area (Å²) in [5, 5.41) is 8.59. The molecule has 0 saturated heterocycles. The molecule has 0 fully saturated rings. The van der Waals surface area contributed by atoms with E-state index in [9.17, 15) is 9.59 Å². The van der Waals surface area contributed by atoms with Crippen molar-refractivity contribution in [1.29, 1.82) is 0 Å². The second-order valence-electron chi connectivity index (χ2n) is 3.42. The second-order valence-corrected chi connectivity index (χ2v) is 3.42. The van der Waals surface area contributed by atoms with Crippen LogP contribution in [-0.2, 0) is 11.3 Å². The van der Waals surface area contributed by atoms with Crippen LogP contribution in [-0.4, -0.2) is 35.5 Å². The third kappa shape index (κ3) is 2.80. The molecular weight excluding hydrogens is 208 g/mol. The molecule has 0 unspecified atom stereocenters. The van der Waals surface area contributed by atoms with Gasteiger partial charge in [-0.15, -0.1) is 0 Å². The van der Waals surface area contributed by atoms with Gasteiger partial charge in [0.2, 0.25) is 0 Å². The van der Waals surface area contributed by atoms with E-state index in [4.69, 9.17) is 10.8 Å². The number of nitrogens with zero attached hydrogens (tertiary/aromatic N) is 1. The smallest absolute Gasteiger partial charge is 0.323 e. The van der Waals surface area contributed by atoms with Crippen molar-refractivity contribution in [2.24, 2.45) is 5.73 Å². The molecule has 1 aromatic rings.